The molecule has 0 fully saturated rings. The molecule has 2 aromatic carbocycles. The van der Waals surface area contributed by atoms with Gasteiger partial charge in [-0.3, -0.25) is 0 Å². The number of methoxy groups -OCH3 is 2. The predicted octanol–water partition coefficient (Wildman–Crippen LogP) is 5.98. The van der Waals surface area contributed by atoms with E-state index in [4.69, 9.17) is 14.2 Å². The largest absolute Gasteiger partial charge is 0.481 e. The van der Waals surface area contributed by atoms with Crippen molar-refractivity contribution in [3.8, 4) is 28.6 Å². The van der Waals surface area contributed by atoms with Crippen LogP contribution in [0.5, 0.6) is 17.4 Å². The fraction of sp³-hybridized carbons (Fsp3) is 0.214. The zero-order valence-corrected chi connectivity index (χ0v) is 20.5. The van der Waals surface area contributed by atoms with Crippen molar-refractivity contribution in [2.75, 3.05) is 14.2 Å². The smallest absolute Gasteiger partial charge is 0.340 e. The van der Waals surface area contributed by atoms with Crippen LogP contribution in [-0.4, -0.2) is 35.4 Å². The van der Waals surface area contributed by atoms with Crippen molar-refractivity contribution in [3.63, 3.8) is 0 Å². The summed E-state index contributed by atoms with van der Waals surface area (Å²) < 4.78 is 31.0. The Kier molecular flexibility index (Phi) is 7.53. The molecule has 36 heavy (non-hydrogen) atoms. The van der Waals surface area contributed by atoms with Crippen LogP contribution in [-0.2, 0) is 11.2 Å². The molecule has 184 valence electrons. The molecule has 0 N–H and O–H groups in total. The molecule has 0 saturated heterocycles. The Hall–Kier alpha value is -4.33. The van der Waals surface area contributed by atoms with Crippen LogP contribution in [0.3, 0.4) is 0 Å². The highest BCUT2D eigenvalue weighted by Gasteiger charge is 2.19. The van der Waals surface area contributed by atoms with Crippen LogP contribution in [0.1, 0.15) is 46.9 Å². The average molecular weight is 488 g/mol. The second-order valence-electron chi connectivity index (χ2n) is 8.40. The van der Waals surface area contributed by atoms with Gasteiger partial charge >= 0.3 is 5.97 Å². The Morgan fingerprint density at radius 1 is 0.972 bits per heavy atom. The Bertz CT molecular complexity index is 1360. The normalized spacial score (nSPS) is 10.8. The molecule has 7 nitrogen and oxygen atoms in total. The third-order valence-corrected chi connectivity index (χ3v) is 5.63. The van der Waals surface area contributed by atoms with E-state index in [9.17, 15) is 9.18 Å². The molecular weight excluding hydrogens is 461 g/mol. The van der Waals surface area contributed by atoms with E-state index in [0.717, 1.165) is 22.5 Å². The Morgan fingerprint density at radius 3 is 2.39 bits per heavy atom. The zero-order chi connectivity index (χ0) is 25.7. The summed E-state index contributed by atoms with van der Waals surface area (Å²) >= 11 is 0. The van der Waals surface area contributed by atoms with Gasteiger partial charge in [0.15, 0.2) is 0 Å². The number of carbonyl (C=O) groups excluding carboxylic acids is 1. The molecule has 0 radical (unpaired) electrons. The highest BCUT2D eigenvalue weighted by Crippen LogP contribution is 2.33. The van der Waals surface area contributed by atoms with Crippen LogP contribution in [0.4, 0.5) is 4.39 Å². The number of pyridine rings is 1. The molecule has 0 aliphatic rings. The van der Waals surface area contributed by atoms with E-state index in [1.165, 1.54) is 26.4 Å². The second-order valence-corrected chi connectivity index (χ2v) is 8.40. The second kappa shape index (κ2) is 10.9. The van der Waals surface area contributed by atoms with E-state index in [1.807, 2.05) is 30.3 Å². The van der Waals surface area contributed by atoms with Crippen molar-refractivity contribution in [1.29, 1.82) is 0 Å². The number of carbonyl (C=O) groups is 1. The summed E-state index contributed by atoms with van der Waals surface area (Å²) in [5.41, 5.74) is 3.59. The van der Waals surface area contributed by atoms with Crippen molar-refractivity contribution >= 4 is 5.97 Å². The van der Waals surface area contributed by atoms with Gasteiger partial charge in [-0.05, 0) is 60.5 Å². The minimum atomic E-state index is -0.790. The number of nitrogens with zero attached hydrogens (tertiary/aromatic N) is 3. The Morgan fingerprint density at radius 2 is 1.75 bits per heavy atom. The molecule has 0 spiro atoms. The van der Waals surface area contributed by atoms with Gasteiger partial charge in [-0.2, -0.15) is 10.2 Å². The standard InChI is InChI=1S/C28H26FN3O4/c1-17(2)24-11-12-25(32-31-24)18-7-9-21(10-8-18)36-26-16-22(28(33)35-4)23(29)15-20(26)14-19-6-5-13-30-27(19)34-3/h5-13,15-17H,14H2,1-4H3. The molecule has 0 atom stereocenters. The molecule has 0 saturated carbocycles. The Labute approximate surface area is 208 Å². The van der Waals surface area contributed by atoms with Crippen LogP contribution in [0.25, 0.3) is 11.3 Å². The van der Waals surface area contributed by atoms with E-state index < -0.39 is 11.8 Å². The summed E-state index contributed by atoms with van der Waals surface area (Å²) in [5.74, 6) is 0.0555. The molecule has 0 amide bonds. The number of hydrogen-bond donors (Lipinski definition) is 0. The van der Waals surface area contributed by atoms with E-state index in [-0.39, 0.29) is 12.0 Å². The van der Waals surface area contributed by atoms with E-state index in [0.29, 0.717) is 28.9 Å². The molecule has 0 bridgehead atoms. The minimum Gasteiger partial charge on any atom is -0.481 e. The molecule has 8 heteroatoms. The van der Waals surface area contributed by atoms with Gasteiger partial charge in [-0.1, -0.05) is 19.9 Å². The first-order valence-electron chi connectivity index (χ1n) is 11.4. The van der Waals surface area contributed by atoms with Crippen molar-refractivity contribution in [3.05, 3.63) is 95.1 Å². The molecule has 4 rings (SSSR count). The van der Waals surface area contributed by atoms with E-state index in [1.54, 1.807) is 24.4 Å². The van der Waals surface area contributed by atoms with Crippen LogP contribution in [0.15, 0.2) is 66.9 Å². The Balaban J connectivity index is 1.65. The predicted molar refractivity (Wildman–Crippen MR) is 133 cm³/mol. The van der Waals surface area contributed by atoms with Crippen LogP contribution >= 0.6 is 0 Å². The highest BCUT2D eigenvalue weighted by molar-refractivity contribution is 5.90. The molecule has 0 aliphatic carbocycles. The fourth-order valence-electron chi connectivity index (χ4n) is 3.67. The fourth-order valence-corrected chi connectivity index (χ4v) is 3.67. The number of ether oxygens (including phenoxy) is 3. The lowest BCUT2D eigenvalue weighted by Crippen LogP contribution is -2.07. The summed E-state index contributed by atoms with van der Waals surface area (Å²) in [6, 6.07) is 17.4. The number of halogens is 1. The van der Waals surface area contributed by atoms with Gasteiger partial charge in [-0.15, -0.1) is 0 Å². The summed E-state index contributed by atoms with van der Waals surface area (Å²) in [4.78, 5) is 16.3. The maximum atomic E-state index is 14.8. The first-order chi connectivity index (χ1) is 17.4. The van der Waals surface area contributed by atoms with E-state index >= 15 is 0 Å². The third-order valence-electron chi connectivity index (χ3n) is 5.63. The first-order valence-corrected chi connectivity index (χ1v) is 11.4. The maximum Gasteiger partial charge on any atom is 0.340 e. The van der Waals surface area contributed by atoms with Gasteiger partial charge in [-0.25, -0.2) is 14.2 Å². The SMILES string of the molecule is COC(=O)c1cc(Oc2ccc(-c3ccc(C(C)C)nn3)cc2)c(Cc2cccnc2OC)cc1F. The minimum absolute atomic E-state index is 0.216. The summed E-state index contributed by atoms with van der Waals surface area (Å²) in [5, 5.41) is 8.59. The van der Waals surface area contributed by atoms with Crippen LogP contribution < -0.4 is 9.47 Å². The molecule has 2 heterocycles. The van der Waals surface area contributed by atoms with E-state index in [2.05, 4.69) is 29.0 Å². The zero-order valence-electron chi connectivity index (χ0n) is 20.5. The third kappa shape index (κ3) is 5.49. The lowest BCUT2D eigenvalue weighted by Gasteiger charge is -2.15. The average Bonchev–Trinajstić information content (AvgIpc) is 2.90. The van der Waals surface area contributed by atoms with Gasteiger partial charge in [0.1, 0.15) is 17.3 Å². The first kappa shape index (κ1) is 24.8. The van der Waals surface area contributed by atoms with Crippen LogP contribution in [0, 0.1) is 5.82 Å². The number of esters is 1. The monoisotopic (exact) mass is 487 g/mol. The number of rotatable bonds is 8. The van der Waals surface area contributed by atoms with Gasteiger partial charge in [0, 0.05) is 29.3 Å². The molecule has 0 unspecified atom stereocenters. The number of hydrogen-bond acceptors (Lipinski definition) is 7. The van der Waals surface area contributed by atoms with Crippen molar-refractivity contribution in [2.45, 2.75) is 26.2 Å². The number of aromatic nitrogens is 3. The lowest BCUT2D eigenvalue weighted by atomic mass is 10.0. The van der Waals surface area contributed by atoms with Gasteiger partial charge in [0.2, 0.25) is 5.88 Å². The molecule has 4 aromatic rings. The molecule has 2 aromatic heterocycles. The molecule has 0 aliphatic heterocycles. The molecular formula is C28H26FN3O4. The quantitative estimate of drug-likeness (QED) is 0.283. The van der Waals surface area contributed by atoms with Crippen molar-refractivity contribution in [2.24, 2.45) is 0 Å². The summed E-state index contributed by atoms with van der Waals surface area (Å²) in [7, 11) is 2.72. The van der Waals surface area contributed by atoms with Gasteiger partial charge in [0.25, 0.3) is 0 Å². The van der Waals surface area contributed by atoms with Gasteiger partial charge in [0.05, 0.1) is 31.2 Å². The topological polar surface area (TPSA) is 83.4 Å². The van der Waals surface area contributed by atoms with Gasteiger partial charge < -0.3 is 14.2 Å². The van der Waals surface area contributed by atoms with Crippen LogP contribution in [0.2, 0.25) is 0 Å². The summed E-state index contributed by atoms with van der Waals surface area (Å²) in [6.07, 6.45) is 1.89. The maximum absolute atomic E-state index is 14.8. The van der Waals surface area contributed by atoms with Crippen molar-refractivity contribution in [1.82, 2.24) is 15.2 Å². The summed E-state index contributed by atoms with van der Waals surface area (Å²) in [6.45, 7) is 4.13. The highest BCUT2D eigenvalue weighted by atomic mass is 19.1. The number of benzene rings is 2. The lowest BCUT2D eigenvalue weighted by molar-refractivity contribution is 0.0595. The van der Waals surface area contributed by atoms with Crippen molar-refractivity contribution < 1.29 is 23.4 Å².